The van der Waals surface area contributed by atoms with E-state index in [2.05, 4.69) is 215 Å². The Kier molecular flexibility index (Phi) is 7.55. The highest BCUT2D eigenvalue weighted by atomic mass is 15.2. The molecule has 0 radical (unpaired) electrons. The highest BCUT2D eigenvalue weighted by Gasteiger charge is 2.43. The number of para-hydroxylation sites is 1. The van der Waals surface area contributed by atoms with Crippen LogP contribution in [0.1, 0.15) is 63.8 Å². The normalized spacial score (nSPS) is 13.6. The standard InChI is InChI=1S/C52H48BN3/c1-33-17-26-44-40(29-33)41-30-34(2)18-27-45(41)56(44)39-24-25-42-49(32-39)55(37-13-10-9-11-14-37)48-16-12-15-47-50(48)53(42)43-31-36(52(6,7)8)21-28-46(43)54(47)38-22-19-35(20-23-38)51(3,4)5/h9-32H,1-8H3. The van der Waals surface area contributed by atoms with Crippen molar-refractivity contribution in [3.05, 3.63) is 168 Å². The summed E-state index contributed by atoms with van der Waals surface area (Å²) < 4.78 is 2.47. The minimum atomic E-state index is -0.00131. The molecular formula is C52H48BN3. The summed E-state index contributed by atoms with van der Waals surface area (Å²) in [7, 11) is 0. The summed E-state index contributed by atoms with van der Waals surface area (Å²) in [6, 6.07) is 55.3. The number of fused-ring (bicyclic) bond motifs is 7. The van der Waals surface area contributed by atoms with Gasteiger partial charge in [0.2, 0.25) is 0 Å². The zero-order chi connectivity index (χ0) is 38.7. The predicted octanol–water partition coefficient (Wildman–Crippen LogP) is 12.1. The SMILES string of the molecule is Cc1ccc2c(c1)c1cc(C)ccc1n2-c1ccc2c(c1)N(c1ccccc1)c1cccc3c1B2c1cc(C(C)(C)C)ccc1N3c1ccc(C(C)(C)C)cc1. The van der Waals surface area contributed by atoms with Crippen LogP contribution in [0, 0.1) is 13.8 Å². The molecule has 0 spiro atoms. The van der Waals surface area contributed by atoms with Crippen LogP contribution in [-0.4, -0.2) is 11.3 Å². The van der Waals surface area contributed by atoms with Crippen LogP contribution in [0.2, 0.25) is 0 Å². The van der Waals surface area contributed by atoms with Gasteiger partial charge in [-0.15, -0.1) is 0 Å². The molecule has 3 heterocycles. The van der Waals surface area contributed by atoms with Gasteiger partial charge in [-0.3, -0.25) is 0 Å². The summed E-state index contributed by atoms with van der Waals surface area (Å²) in [5, 5.41) is 2.59. The molecule has 0 saturated carbocycles. The van der Waals surface area contributed by atoms with Crippen LogP contribution in [0.5, 0.6) is 0 Å². The molecule has 0 saturated heterocycles. The van der Waals surface area contributed by atoms with Gasteiger partial charge in [0.25, 0.3) is 6.71 Å². The Hall–Kier alpha value is -6.00. The summed E-state index contributed by atoms with van der Waals surface area (Å²) >= 11 is 0. The zero-order valence-corrected chi connectivity index (χ0v) is 33.8. The van der Waals surface area contributed by atoms with Crippen molar-refractivity contribution < 1.29 is 0 Å². The Morgan fingerprint density at radius 2 is 0.964 bits per heavy atom. The van der Waals surface area contributed by atoms with E-state index < -0.39 is 0 Å². The molecule has 0 N–H and O–H groups in total. The number of nitrogens with zero attached hydrogens (tertiary/aromatic N) is 3. The predicted molar refractivity (Wildman–Crippen MR) is 242 cm³/mol. The topological polar surface area (TPSA) is 11.4 Å². The molecular weight excluding hydrogens is 677 g/mol. The quantitative estimate of drug-likeness (QED) is 0.168. The van der Waals surface area contributed by atoms with Crippen molar-refractivity contribution in [2.75, 3.05) is 9.80 Å². The fourth-order valence-electron chi connectivity index (χ4n) is 9.30. The van der Waals surface area contributed by atoms with Crippen LogP contribution in [0.4, 0.5) is 34.1 Å². The van der Waals surface area contributed by atoms with E-state index in [9.17, 15) is 0 Å². The summed E-state index contributed by atoms with van der Waals surface area (Å²) in [6.07, 6.45) is 0. The van der Waals surface area contributed by atoms with Gasteiger partial charge in [-0.1, -0.05) is 119 Å². The maximum atomic E-state index is 2.51. The molecule has 56 heavy (non-hydrogen) atoms. The summed E-state index contributed by atoms with van der Waals surface area (Å²) in [4.78, 5) is 5.02. The van der Waals surface area contributed by atoms with Crippen molar-refractivity contribution in [3.63, 3.8) is 0 Å². The van der Waals surface area contributed by atoms with Crippen LogP contribution in [0.15, 0.2) is 146 Å². The lowest BCUT2D eigenvalue weighted by Crippen LogP contribution is -2.61. The second-order valence-corrected chi connectivity index (χ2v) is 18.1. The van der Waals surface area contributed by atoms with E-state index in [4.69, 9.17) is 0 Å². The molecule has 8 aromatic rings. The number of aromatic nitrogens is 1. The molecule has 7 aromatic carbocycles. The smallest absolute Gasteiger partial charge is 0.252 e. The van der Waals surface area contributed by atoms with Gasteiger partial charge in [0.15, 0.2) is 0 Å². The Morgan fingerprint density at radius 3 is 1.57 bits per heavy atom. The number of hydrogen-bond acceptors (Lipinski definition) is 2. The summed E-state index contributed by atoms with van der Waals surface area (Å²) in [5.41, 5.74) is 20.2. The molecule has 1 aromatic heterocycles. The van der Waals surface area contributed by atoms with E-state index in [1.54, 1.807) is 0 Å². The van der Waals surface area contributed by atoms with Crippen molar-refractivity contribution in [1.82, 2.24) is 4.57 Å². The van der Waals surface area contributed by atoms with Gasteiger partial charge in [0.05, 0.1) is 11.0 Å². The molecule has 3 nitrogen and oxygen atoms in total. The zero-order valence-electron chi connectivity index (χ0n) is 33.8. The molecule has 274 valence electrons. The minimum absolute atomic E-state index is 0.00131. The van der Waals surface area contributed by atoms with Crippen molar-refractivity contribution in [2.24, 2.45) is 0 Å². The van der Waals surface area contributed by atoms with Gasteiger partial charge < -0.3 is 14.4 Å². The number of aryl methyl sites for hydroxylation is 2. The molecule has 0 fully saturated rings. The van der Waals surface area contributed by atoms with Crippen molar-refractivity contribution in [1.29, 1.82) is 0 Å². The van der Waals surface area contributed by atoms with Gasteiger partial charge in [0, 0.05) is 50.6 Å². The van der Waals surface area contributed by atoms with Crippen molar-refractivity contribution in [2.45, 2.75) is 66.2 Å². The molecule has 0 amide bonds. The first-order valence-electron chi connectivity index (χ1n) is 20.1. The van der Waals surface area contributed by atoms with E-state index in [0.717, 1.165) is 11.4 Å². The van der Waals surface area contributed by atoms with Crippen LogP contribution < -0.4 is 26.2 Å². The van der Waals surface area contributed by atoms with E-state index >= 15 is 0 Å². The van der Waals surface area contributed by atoms with Gasteiger partial charge >= 0.3 is 0 Å². The molecule has 10 rings (SSSR count). The highest BCUT2D eigenvalue weighted by Crippen LogP contribution is 2.45. The largest absolute Gasteiger partial charge is 0.311 e. The molecule has 0 aliphatic carbocycles. The third-order valence-electron chi connectivity index (χ3n) is 12.2. The van der Waals surface area contributed by atoms with Gasteiger partial charge in [0.1, 0.15) is 0 Å². The maximum absolute atomic E-state index is 2.51. The van der Waals surface area contributed by atoms with Crippen LogP contribution in [0.3, 0.4) is 0 Å². The Balaban J connectivity index is 1.26. The molecule has 0 atom stereocenters. The van der Waals surface area contributed by atoms with E-state index in [-0.39, 0.29) is 17.5 Å². The maximum Gasteiger partial charge on any atom is 0.252 e. The van der Waals surface area contributed by atoms with E-state index in [0.29, 0.717) is 0 Å². The molecule has 4 heteroatoms. The summed E-state index contributed by atoms with van der Waals surface area (Å²) in [5.74, 6) is 0. The molecule has 0 unspecified atom stereocenters. The second-order valence-electron chi connectivity index (χ2n) is 18.1. The number of benzene rings is 7. The fraction of sp³-hybridized carbons (Fsp3) is 0.192. The first kappa shape index (κ1) is 34.5. The molecule has 2 aliphatic rings. The lowest BCUT2D eigenvalue weighted by Gasteiger charge is -2.44. The fourth-order valence-corrected chi connectivity index (χ4v) is 9.30. The first-order chi connectivity index (χ1) is 26.9. The summed E-state index contributed by atoms with van der Waals surface area (Å²) in [6.45, 7) is 18.3. The van der Waals surface area contributed by atoms with E-state index in [1.807, 2.05) is 0 Å². The molecule has 0 bridgehead atoms. The van der Waals surface area contributed by atoms with Crippen LogP contribution in [-0.2, 0) is 10.8 Å². The first-order valence-corrected chi connectivity index (χ1v) is 20.1. The average Bonchev–Trinajstić information content (AvgIpc) is 3.49. The molecule has 2 aliphatic heterocycles. The van der Waals surface area contributed by atoms with Gasteiger partial charge in [-0.2, -0.15) is 0 Å². The Labute approximate surface area is 331 Å². The second kappa shape index (κ2) is 12.3. The van der Waals surface area contributed by atoms with Crippen molar-refractivity contribution >= 4 is 79.0 Å². The third kappa shape index (κ3) is 5.26. The third-order valence-corrected chi connectivity index (χ3v) is 12.2. The lowest BCUT2D eigenvalue weighted by molar-refractivity contribution is 0.590. The van der Waals surface area contributed by atoms with Gasteiger partial charge in [-0.25, -0.2) is 0 Å². The Morgan fingerprint density at radius 1 is 0.411 bits per heavy atom. The van der Waals surface area contributed by atoms with Crippen LogP contribution in [0.25, 0.3) is 27.5 Å². The van der Waals surface area contributed by atoms with E-state index in [1.165, 1.54) is 88.9 Å². The average molecular weight is 726 g/mol. The van der Waals surface area contributed by atoms with Crippen molar-refractivity contribution in [3.8, 4) is 5.69 Å². The lowest BCUT2D eigenvalue weighted by atomic mass is 9.33. The number of rotatable bonds is 3. The van der Waals surface area contributed by atoms with Crippen LogP contribution >= 0.6 is 0 Å². The number of hydrogen-bond donors (Lipinski definition) is 0. The monoisotopic (exact) mass is 725 g/mol. The minimum Gasteiger partial charge on any atom is -0.311 e. The number of anilines is 6. The van der Waals surface area contributed by atoms with Gasteiger partial charge in [-0.05, 0) is 131 Å². The Bertz CT molecular complexity index is 2790. The highest BCUT2D eigenvalue weighted by molar-refractivity contribution is 7.00.